The van der Waals surface area contributed by atoms with Gasteiger partial charge in [0.15, 0.2) is 5.75 Å². The third-order valence-electron chi connectivity index (χ3n) is 5.30. The number of rotatable bonds is 6. The number of carbonyl (C=O) groups is 2. The van der Waals surface area contributed by atoms with Crippen molar-refractivity contribution in [3.63, 3.8) is 0 Å². The van der Waals surface area contributed by atoms with Crippen molar-refractivity contribution in [2.45, 2.75) is 13.3 Å². The van der Waals surface area contributed by atoms with E-state index in [4.69, 9.17) is 4.74 Å². The van der Waals surface area contributed by atoms with Gasteiger partial charge in [-0.05, 0) is 48.7 Å². The van der Waals surface area contributed by atoms with Gasteiger partial charge in [0.25, 0.3) is 5.91 Å². The molecule has 0 aliphatic rings. The molecule has 0 spiro atoms. The lowest BCUT2D eigenvalue weighted by molar-refractivity contribution is 0.0597. The quantitative estimate of drug-likeness (QED) is 0.434. The second kappa shape index (κ2) is 9.07. The van der Waals surface area contributed by atoms with Crippen LogP contribution in [-0.4, -0.2) is 45.8 Å². The highest BCUT2D eigenvalue weighted by Gasteiger charge is 2.25. The van der Waals surface area contributed by atoms with Gasteiger partial charge in [-0.15, -0.1) is 0 Å². The number of methoxy groups -OCH3 is 1. The summed E-state index contributed by atoms with van der Waals surface area (Å²) in [6, 6.07) is 10.8. The monoisotopic (exact) mass is 448 g/mol. The fourth-order valence-electron chi connectivity index (χ4n) is 3.66. The molecule has 2 aromatic carbocycles. The number of benzene rings is 2. The van der Waals surface area contributed by atoms with Crippen molar-refractivity contribution in [1.29, 1.82) is 0 Å². The van der Waals surface area contributed by atoms with Crippen LogP contribution in [0.3, 0.4) is 0 Å². The highest BCUT2D eigenvalue weighted by Crippen LogP contribution is 2.33. The Bertz CT molecular complexity index is 1320. The molecule has 168 valence electrons. The molecule has 0 bridgehead atoms. The molecule has 0 fully saturated rings. The average molecular weight is 448 g/mol. The first kappa shape index (κ1) is 21.9. The van der Waals surface area contributed by atoms with Crippen molar-refractivity contribution < 1.29 is 23.8 Å². The Balaban J connectivity index is 1.87. The number of aromatic amines is 1. The van der Waals surface area contributed by atoms with E-state index in [1.165, 1.54) is 36.4 Å². The summed E-state index contributed by atoms with van der Waals surface area (Å²) in [6.45, 7) is 2.14. The van der Waals surface area contributed by atoms with Gasteiger partial charge in [-0.25, -0.2) is 9.18 Å². The van der Waals surface area contributed by atoms with E-state index in [2.05, 4.69) is 15.2 Å². The number of H-pyrrole nitrogens is 1. The first-order chi connectivity index (χ1) is 15.9. The number of anilines is 1. The lowest BCUT2D eigenvalue weighted by Crippen LogP contribution is -2.31. The third kappa shape index (κ3) is 4.25. The number of hydrogen-bond donors (Lipinski definition) is 2. The molecular formula is C24H21FN4O4. The number of ether oxygens (including phenoxy) is 1. The Morgan fingerprint density at radius 2 is 1.88 bits per heavy atom. The molecule has 4 aromatic rings. The molecule has 0 atom stereocenters. The standard InChI is InChI=1S/C24H21FN4O4/c1-3-29(20-8-9-27-28-20)23(31)18-12-19(24(32)33-2)22(30)21-17(18)11-15(13-26-21)10-14-4-6-16(25)7-5-14/h4-9,11-13,30H,3,10H2,1-2H3,(H,27,28). The number of nitrogens with one attached hydrogen (secondary N) is 1. The molecule has 4 rings (SSSR count). The summed E-state index contributed by atoms with van der Waals surface area (Å²) in [5, 5.41) is 17.7. The fraction of sp³-hybridized carbons (Fsp3) is 0.167. The molecule has 2 heterocycles. The number of phenolic OH excluding ortho intramolecular Hbond substituents is 1. The lowest BCUT2D eigenvalue weighted by Gasteiger charge is -2.20. The van der Waals surface area contributed by atoms with Crippen LogP contribution in [0.4, 0.5) is 10.2 Å². The van der Waals surface area contributed by atoms with Crippen LogP contribution in [0.5, 0.6) is 5.75 Å². The summed E-state index contributed by atoms with van der Waals surface area (Å²) in [7, 11) is 1.19. The number of halogens is 1. The Hall–Kier alpha value is -4.27. The van der Waals surface area contributed by atoms with E-state index in [0.717, 1.165) is 11.1 Å². The van der Waals surface area contributed by atoms with Crippen molar-refractivity contribution >= 4 is 28.6 Å². The Morgan fingerprint density at radius 3 is 2.52 bits per heavy atom. The number of aromatic nitrogens is 3. The predicted molar refractivity (Wildman–Crippen MR) is 120 cm³/mol. The summed E-state index contributed by atoms with van der Waals surface area (Å²) in [4.78, 5) is 31.6. The first-order valence-electron chi connectivity index (χ1n) is 10.2. The summed E-state index contributed by atoms with van der Waals surface area (Å²) < 4.78 is 18.0. The number of aromatic hydroxyl groups is 1. The van der Waals surface area contributed by atoms with E-state index < -0.39 is 11.9 Å². The number of amides is 1. The van der Waals surface area contributed by atoms with Crippen LogP contribution in [0, 0.1) is 5.82 Å². The largest absolute Gasteiger partial charge is 0.505 e. The Labute approximate surface area is 188 Å². The minimum Gasteiger partial charge on any atom is -0.505 e. The van der Waals surface area contributed by atoms with Crippen LogP contribution in [0.15, 0.2) is 54.9 Å². The number of esters is 1. The molecule has 33 heavy (non-hydrogen) atoms. The maximum Gasteiger partial charge on any atom is 0.341 e. The van der Waals surface area contributed by atoms with Gasteiger partial charge in [0.05, 0.1) is 18.9 Å². The second-order valence-electron chi connectivity index (χ2n) is 7.35. The van der Waals surface area contributed by atoms with Crippen molar-refractivity contribution in [2.75, 3.05) is 18.6 Å². The van der Waals surface area contributed by atoms with Crippen LogP contribution in [0.2, 0.25) is 0 Å². The number of fused-ring (bicyclic) bond motifs is 1. The maximum absolute atomic E-state index is 13.5. The number of carbonyl (C=O) groups excluding carboxylic acids is 2. The number of phenols is 1. The lowest BCUT2D eigenvalue weighted by atomic mass is 9.98. The van der Waals surface area contributed by atoms with Crippen molar-refractivity contribution in [3.8, 4) is 5.75 Å². The van der Waals surface area contributed by atoms with E-state index in [9.17, 15) is 19.1 Å². The number of hydrogen-bond acceptors (Lipinski definition) is 6. The molecule has 0 saturated carbocycles. The molecule has 8 nitrogen and oxygen atoms in total. The van der Waals surface area contributed by atoms with E-state index >= 15 is 0 Å². The Morgan fingerprint density at radius 1 is 1.12 bits per heavy atom. The SMILES string of the molecule is CCN(C(=O)c1cc(C(=O)OC)c(O)c2ncc(Cc3ccc(F)cc3)cc12)c1ccn[nH]1. The van der Waals surface area contributed by atoms with Crippen LogP contribution >= 0.6 is 0 Å². The van der Waals surface area contributed by atoms with Gasteiger partial charge in [-0.2, -0.15) is 5.10 Å². The van der Waals surface area contributed by atoms with Crippen LogP contribution in [-0.2, 0) is 11.2 Å². The maximum atomic E-state index is 13.5. The first-order valence-corrected chi connectivity index (χ1v) is 10.2. The van der Waals surface area contributed by atoms with E-state index in [0.29, 0.717) is 24.2 Å². The minimum atomic E-state index is -0.787. The molecule has 0 unspecified atom stereocenters. The zero-order valence-corrected chi connectivity index (χ0v) is 18.0. The second-order valence-corrected chi connectivity index (χ2v) is 7.35. The van der Waals surface area contributed by atoms with Crippen molar-refractivity contribution in [2.24, 2.45) is 0 Å². The highest BCUT2D eigenvalue weighted by molar-refractivity contribution is 6.16. The van der Waals surface area contributed by atoms with Crippen LogP contribution in [0.1, 0.15) is 38.8 Å². The van der Waals surface area contributed by atoms with Crippen LogP contribution < -0.4 is 4.90 Å². The van der Waals surface area contributed by atoms with Gasteiger partial charge in [0.2, 0.25) is 0 Å². The molecule has 9 heteroatoms. The van der Waals surface area contributed by atoms with Gasteiger partial charge in [-0.1, -0.05) is 12.1 Å². The number of nitrogens with zero attached hydrogens (tertiary/aromatic N) is 3. The molecule has 2 N–H and O–H groups in total. The summed E-state index contributed by atoms with van der Waals surface area (Å²) in [6.07, 6.45) is 3.52. The van der Waals surface area contributed by atoms with Gasteiger partial charge in [0.1, 0.15) is 22.7 Å². The van der Waals surface area contributed by atoms with Gasteiger partial charge < -0.3 is 9.84 Å². The predicted octanol–water partition coefficient (Wildman–Crippen LogP) is 3.85. The molecule has 0 aliphatic carbocycles. The summed E-state index contributed by atoms with van der Waals surface area (Å²) >= 11 is 0. The van der Waals surface area contributed by atoms with Crippen molar-refractivity contribution in [1.82, 2.24) is 15.2 Å². The van der Waals surface area contributed by atoms with E-state index in [-0.39, 0.29) is 28.2 Å². The Kier molecular flexibility index (Phi) is 6.03. The molecule has 2 aromatic heterocycles. The average Bonchev–Trinajstić information content (AvgIpc) is 3.35. The zero-order chi connectivity index (χ0) is 23.5. The molecule has 0 radical (unpaired) electrons. The van der Waals surface area contributed by atoms with Gasteiger partial charge >= 0.3 is 5.97 Å². The molecular weight excluding hydrogens is 427 g/mol. The van der Waals surface area contributed by atoms with Crippen LogP contribution in [0.25, 0.3) is 10.9 Å². The van der Waals surface area contributed by atoms with Crippen molar-refractivity contribution in [3.05, 3.63) is 82.9 Å². The minimum absolute atomic E-state index is 0.102. The highest BCUT2D eigenvalue weighted by atomic mass is 19.1. The van der Waals surface area contributed by atoms with E-state index in [1.54, 1.807) is 37.4 Å². The molecule has 1 amide bonds. The van der Waals surface area contributed by atoms with Gasteiger partial charge in [0, 0.05) is 24.2 Å². The normalized spacial score (nSPS) is 10.9. The number of pyridine rings is 1. The summed E-state index contributed by atoms with van der Waals surface area (Å²) in [5.74, 6) is -1.41. The zero-order valence-electron chi connectivity index (χ0n) is 18.0. The topological polar surface area (TPSA) is 108 Å². The smallest absolute Gasteiger partial charge is 0.341 e. The van der Waals surface area contributed by atoms with Gasteiger partial charge in [-0.3, -0.25) is 19.8 Å². The third-order valence-corrected chi connectivity index (χ3v) is 5.30. The fourth-order valence-corrected chi connectivity index (χ4v) is 3.66. The summed E-state index contributed by atoms with van der Waals surface area (Å²) in [5.41, 5.74) is 1.72. The molecule has 0 saturated heterocycles. The van der Waals surface area contributed by atoms with E-state index in [1.807, 2.05) is 0 Å². The molecule has 0 aliphatic heterocycles.